The van der Waals surface area contributed by atoms with E-state index in [-0.39, 0.29) is 10.2 Å². The van der Waals surface area contributed by atoms with Gasteiger partial charge in [0.2, 0.25) is 0 Å². The van der Waals surface area contributed by atoms with Crippen LogP contribution in [-0.4, -0.2) is 15.5 Å². The molecule has 0 atom stereocenters. The molecule has 2 aromatic rings. The molecule has 1 amide bonds. The summed E-state index contributed by atoms with van der Waals surface area (Å²) in [6.45, 7) is 0. The fourth-order valence-electron chi connectivity index (χ4n) is 1.52. The number of anilines is 1. The van der Waals surface area contributed by atoms with Crippen molar-refractivity contribution in [1.29, 1.82) is 0 Å². The van der Waals surface area contributed by atoms with Crippen molar-refractivity contribution in [2.24, 2.45) is 0 Å². The predicted octanol–water partition coefficient (Wildman–Crippen LogP) is 5.16. The molecule has 23 heavy (non-hydrogen) atoms. The van der Waals surface area contributed by atoms with Gasteiger partial charge >= 0.3 is 6.18 Å². The summed E-state index contributed by atoms with van der Waals surface area (Å²) in [6, 6.07) is 1.32. The number of carbonyl (C=O) groups is 1. The summed E-state index contributed by atoms with van der Waals surface area (Å²) in [5.41, 5.74) is -2.02. The van der Waals surface area contributed by atoms with E-state index in [0.717, 1.165) is 0 Å². The number of benzene rings is 1. The van der Waals surface area contributed by atoms with E-state index in [1.807, 2.05) is 0 Å². The molecule has 1 heterocycles. The SMILES string of the molecule is O=C(Nc1c(Cl)cc(C(F)(F)F)cc1Br)c1snnc1C(F)F. The van der Waals surface area contributed by atoms with Gasteiger partial charge in [0.25, 0.3) is 12.3 Å². The Balaban J connectivity index is 2.33. The lowest BCUT2D eigenvalue weighted by Crippen LogP contribution is -2.14. The molecule has 12 heteroatoms. The maximum Gasteiger partial charge on any atom is 0.416 e. The zero-order valence-corrected chi connectivity index (χ0v) is 13.7. The van der Waals surface area contributed by atoms with Gasteiger partial charge in [0.15, 0.2) is 5.69 Å². The highest BCUT2D eigenvalue weighted by Gasteiger charge is 2.32. The molecule has 0 bridgehead atoms. The number of hydrogen-bond acceptors (Lipinski definition) is 4. The normalized spacial score (nSPS) is 11.8. The van der Waals surface area contributed by atoms with Crippen LogP contribution in [0.1, 0.15) is 27.4 Å². The number of carbonyl (C=O) groups excluding carboxylic acids is 1. The lowest BCUT2D eigenvalue weighted by Gasteiger charge is -2.13. The Labute approximate surface area is 142 Å². The standard InChI is InChI=1S/C11H4BrClF5N3OS/c12-4-1-3(11(16,17)18)2-5(13)6(4)19-10(22)8-7(9(14)15)20-21-23-8/h1-2,9H,(H,19,22). The van der Waals surface area contributed by atoms with Gasteiger partial charge in [0.05, 0.1) is 16.3 Å². The van der Waals surface area contributed by atoms with Crippen molar-refractivity contribution in [2.45, 2.75) is 12.6 Å². The van der Waals surface area contributed by atoms with Crippen molar-refractivity contribution in [3.8, 4) is 0 Å². The zero-order valence-electron chi connectivity index (χ0n) is 10.6. The first-order valence-corrected chi connectivity index (χ1v) is 7.53. The van der Waals surface area contributed by atoms with Crippen molar-refractivity contribution in [3.63, 3.8) is 0 Å². The van der Waals surface area contributed by atoms with Gasteiger partial charge in [-0.25, -0.2) is 8.78 Å². The second kappa shape index (κ2) is 6.65. The van der Waals surface area contributed by atoms with E-state index in [2.05, 4.69) is 30.8 Å². The van der Waals surface area contributed by atoms with Gasteiger partial charge in [-0.2, -0.15) is 13.2 Å². The number of halogens is 7. The molecule has 2 rings (SSSR count). The van der Waals surface area contributed by atoms with Crippen LogP contribution in [0.25, 0.3) is 0 Å². The van der Waals surface area contributed by atoms with E-state index in [9.17, 15) is 26.7 Å². The highest BCUT2D eigenvalue weighted by atomic mass is 79.9. The number of aromatic nitrogens is 2. The van der Waals surface area contributed by atoms with Crippen LogP contribution in [0.3, 0.4) is 0 Å². The number of hydrogen-bond donors (Lipinski definition) is 1. The third-order valence-corrected chi connectivity index (χ3v) is 4.20. The Hall–Kier alpha value is -1.33. The molecule has 0 saturated heterocycles. The molecule has 1 aromatic carbocycles. The Morgan fingerprint density at radius 1 is 1.35 bits per heavy atom. The maximum atomic E-state index is 12.7. The second-order valence-electron chi connectivity index (χ2n) is 4.05. The first-order valence-electron chi connectivity index (χ1n) is 5.59. The topological polar surface area (TPSA) is 54.9 Å². The summed E-state index contributed by atoms with van der Waals surface area (Å²) in [6.07, 6.45) is -7.64. The van der Waals surface area contributed by atoms with Crippen molar-refractivity contribution in [2.75, 3.05) is 5.32 Å². The van der Waals surface area contributed by atoms with Crippen LogP contribution < -0.4 is 5.32 Å². The summed E-state index contributed by atoms with van der Waals surface area (Å²) >= 11 is 9.02. The molecular weight excluding hydrogens is 433 g/mol. The minimum absolute atomic E-state index is 0.151. The van der Waals surface area contributed by atoms with E-state index in [1.165, 1.54) is 0 Å². The summed E-state index contributed by atoms with van der Waals surface area (Å²) in [4.78, 5) is 11.5. The molecule has 0 unspecified atom stereocenters. The molecule has 0 saturated carbocycles. The van der Waals surface area contributed by atoms with Crippen molar-refractivity contribution in [1.82, 2.24) is 9.59 Å². The third-order valence-electron chi connectivity index (χ3n) is 2.53. The lowest BCUT2D eigenvalue weighted by molar-refractivity contribution is -0.137. The molecule has 0 aliphatic heterocycles. The summed E-state index contributed by atoms with van der Waals surface area (Å²) in [5, 5.41) is 4.89. The Bertz CT molecular complexity index is 728. The molecule has 0 aliphatic rings. The number of nitrogens with zero attached hydrogens (tertiary/aromatic N) is 2. The minimum Gasteiger partial charge on any atom is -0.319 e. The molecule has 0 aliphatic carbocycles. The average molecular weight is 437 g/mol. The third kappa shape index (κ3) is 3.96. The lowest BCUT2D eigenvalue weighted by atomic mass is 10.2. The van der Waals surface area contributed by atoms with Gasteiger partial charge in [0, 0.05) is 4.47 Å². The minimum atomic E-state index is -4.63. The monoisotopic (exact) mass is 435 g/mol. The molecule has 0 fully saturated rings. The molecule has 4 nitrogen and oxygen atoms in total. The van der Waals surface area contributed by atoms with Crippen molar-refractivity contribution >= 4 is 50.7 Å². The highest BCUT2D eigenvalue weighted by molar-refractivity contribution is 9.10. The van der Waals surface area contributed by atoms with Crippen LogP contribution in [0.2, 0.25) is 5.02 Å². The smallest absolute Gasteiger partial charge is 0.319 e. The molecule has 0 radical (unpaired) electrons. The van der Waals surface area contributed by atoms with Gasteiger partial charge in [-0.1, -0.05) is 16.1 Å². The van der Waals surface area contributed by atoms with Gasteiger partial charge in [-0.05, 0) is 39.6 Å². The summed E-state index contributed by atoms with van der Waals surface area (Å²) in [5.74, 6) is -1.00. The first-order chi connectivity index (χ1) is 10.6. The average Bonchev–Trinajstić information content (AvgIpc) is 2.90. The molecular formula is C11H4BrClF5N3OS. The number of amides is 1. The maximum absolute atomic E-state index is 12.7. The van der Waals surface area contributed by atoms with E-state index >= 15 is 0 Å². The van der Waals surface area contributed by atoms with E-state index in [0.29, 0.717) is 23.7 Å². The van der Waals surface area contributed by atoms with Crippen LogP contribution in [0.15, 0.2) is 16.6 Å². The van der Waals surface area contributed by atoms with Crippen LogP contribution in [0, 0.1) is 0 Å². The van der Waals surface area contributed by atoms with Gasteiger partial charge in [-0.3, -0.25) is 4.79 Å². The Morgan fingerprint density at radius 3 is 2.52 bits per heavy atom. The van der Waals surface area contributed by atoms with Gasteiger partial charge in [-0.15, -0.1) is 5.10 Å². The fourth-order valence-corrected chi connectivity index (χ4v) is 3.03. The number of nitrogens with one attached hydrogen (secondary N) is 1. The molecule has 1 N–H and O–H groups in total. The van der Waals surface area contributed by atoms with Crippen molar-refractivity contribution in [3.05, 3.63) is 37.8 Å². The molecule has 124 valence electrons. The zero-order chi connectivity index (χ0) is 17.4. The summed E-state index contributed by atoms with van der Waals surface area (Å²) in [7, 11) is 0. The van der Waals surface area contributed by atoms with E-state index in [4.69, 9.17) is 11.6 Å². The number of alkyl halides is 5. The van der Waals surface area contributed by atoms with Crippen LogP contribution >= 0.6 is 39.1 Å². The largest absolute Gasteiger partial charge is 0.416 e. The van der Waals surface area contributed by atoms with Gasteiger partial charge < -0.3 is 5.32 Å². The van der Waals surface area contributed by atoms with Gasteiger partial charge in [0.1, 0.15) is 4.88 Å². The summed E-state index contributed by atoms with van der Waals surface area (Å²) < 4.78 is 66.4. The second-order valence-corrected chi connectivity index (χ2v) is 6.07. The fraction of sp³-hybridized carbons (Fsp3) is 0.182. The Morgan fingerprint density at radius 2 is 2.00 bits per heavy atom. The first kappa shape index (κ1) is 18.0. The number of rotatable bonds is 3. The van der Waals surface area contributed by atoms with E-state index in [1.54, 1.807) is 0 Å². The predicted molar refractivity (Wildman–Crippen MR) is 77.0 cm³/mol. The van der Waals surface area contributed by atoms with Crippen LogP contribution in [0.4, 0.5) is 27.6 Å². The Kier molecular flexibility index (Phi) is 5.21. The molecule has 0 spiro atoms. The quantitative estimate of drug-likeness (QED) is 0.676. The van der Waals surface area contributed by atoms with Crippen LogP contribution in [-0.2, 0) is 6.18 Å². The van der Waals surface area contributed by atoms with Crippen molar-refractivity contribution < 1.29 is 26.7 Å². The highest BCUT2D eigenvalue weighted by Crippen LogP contribution is 2.39. The van der Waals surface area contributed by atoms with E-state index < -0.39 is 39.7 Å². The van der Waals surface area contributed by atoms with Crippen LogP contribution in [0.5, 0.6) is 0 Å². The molecule has 1 aromatic heterocycles.